The zero-order valence-electron chi connectivity index (χ0n) is 22.1. The molecule has 3 heteroatoms. The van der Waals surface area contributed by atoms with E-state index in [-0.39, 0.29) is 17.3 Å². The van der Waals surface area contributed by atoms with Gasteiger partial charge in [0, 0.05) is 0 Å². The molecule has 1 fully saturated rings. The second kappa shape index (κ2) is 16.7. The predicted octanol–water partition coefficient (Wildman–Crippen LogP) is 9.34. The zero-order valence-corrected chi connectivity index (χ0v) is 22.1. The Kier molecular flexibility index (Phi) is 14.0. The van der Waals surface area contributed by atoms with Crippen LogP contribution in [0.4, 0.5) is 0 Å². The van der Waals surface area contributed by atoms with Crippen LogP contribution in [0.2, 0.25) is 0 Å². The second-order valence-corrected chi connectivity index (χ2v) is 10.6. The number of esters is 1. The van der Waals surface area contributed by atoms with Gasteiger partial charge in [-0.2, -0.15) is 5.26 Å². The standard InChI is InChI=1S/C31H49NO2/c1-3-5-7-9-11-13-15-23-31(26-32)24-21-28(22-25-31)30(33)34-29-19-17-27(18-20-29)16-14-12-10-8-6-4-2/h17-20,28H,3-16,21-25H2,1-2H3. The average Bonchev–Trinajstić information content (AvgIpc) is 2.87. The average molecular weight is 468 g/mol. The van der Waals surface area contributed by atoms with Gasteiger partial charge in [-0.05, 0) is 62.6 Å². The van der Waals surface area contributed by atoms with Crippen LogP contribution >= 0.6 is 0 Å². The second-order valence-electron chi connectivity index (χ2n) is 10.6. The topological polar surface area (TPSA) is 50.1 Å². The third kappa shape index (κ3) is 10.6. The van der Waals surface area contributed by atoms with Crippen LogP contribution in [0.1, 0.15) is 135 Å². The summed E-state index contributed by atoms with van der Waals surface area (Å²) in [5.41, 5.74) is 1.09. The number of hydrogen-bond acceptors (Lipinski definition) is 3. The number of rotatable bonds is 17. The predicted molar refractivity (Wildman–Crippen MR) is 142 cm³/mol. The molecule has 0 spiro atoms. The fourth-order valence-electron chi connectivity index (χ4n) is 5.28. The molecule has 0 radical (unpaired) electrons. The molecule has 190 valence electrons. The van der Waals surface area contributed by atoms with Crippen LogP contribution in [0, 0.1) is 22.7 Å². The maximum Gasteiger partial charge on any atom is 0.314 e. The summed E-state index contributed by atoms with van der Waals surface area (Å²) >= 11 is 0. The Balaban J connectivity index is 1.67. The molecule has 0 heterocycles. The highest BCUT2D eigenvalue weighted by molar-refractivity contribution is 5.75. The lowest BCUT2D eigenvalue weighted by molar-refractivity contribution is -0.140. The molecule has 0 unspecified atom stereocenters. The van der Waals surface area contributed by atoms with Gasteiger partial charge in [0.1, 0.15) is 5.75 Å². The van der Waals surface area contributed by atoms with Crippen molar-refractivity contribution in [1.29, 1.82) is 5.26 Å². The number of aryl methyl sites for hydroxylation is 1. The molecule has 0 atom stereocenters. The van der Waals surface area contributed by atoms with Crippen molar-refractivity contribution in [3.05, 3.63) is 29.8 Å². The molecule has 1 aromatic carbocycles. The molecule has 2 rings (SSSR count). The Hall–Kier alpha value is -1.82. The first-order valence-electron chi connectivity index (χ1n) is 14.3. The molecule has 0 aliphatic heterocycles. The van der Waals surface area contributed by atoms with Gasteiger partial charge in [0.2, 0.25) is 0 Å². The van der Waals surface area contributed by atoms with E-state index < -0.39 is 0 Å². The lowest BCUT2D eigenvalue weighted by Crippen LogP contribution is -2.31. The number of carbonyl (C=O) groups excluding carboxylic acids is 1. The maximum absolute atomic E-state index is 12.7. The van der Waals surface area contributed by atoms with Gasteiger partial charge in [0.25, 0.3) is 0 Å². The molecule has 0 N–H and O–H groups in total. The van der Waals surface area contributed by atoms with E-state index in [0.29, 0.717) is 5.75 Å². The fourth-order valence-corrected chi connectivity index (χ4v) is 5.28. The van der Waals surface area contributed by atoms with Gasteiger partial charge in [-0.15, -0.1) is 0 Å². The summed E-state index contributed by atoms with van der Waals surface area (Å²) in [4.78, 5) is 12.7. The van der Waals surface area contributed by atoms with Crippen molar-refractivity contribution < 1.29 is 9.53 Å². The number of carbonyl (C=O) groups is 1. The third-order valence-electron chi connectivity index (χ3n) is 7.73. The van der Waals surface area contributed by atoms with E-state index >= 15 is 0 Å². The summed E-state index contributed by atoms with van der Waals surface area (Å²) < 4.78 is 5.70. The van der Waals surface area contributed by atoms with Crippen molar-refractivity contribution in [1.82, 2.24) is 0 Å². The molecule has 1 aliphatic rings. The van der Waals surface area contributed by atoms with E-state index in [1.165, 1.54) is 82.6 Å². The van der Waals surface area contributed by atoms with E-state index in [2.05, 4.69) is 32.0 Å². The van der Waals surface area contributed by atoms with Gasteiger partial charge in [-0.1, -0.05) is 103 Å². The van der Waals surface area contributed by atoms with E-state index in [1.54, 1.807) is 0 Å². The van der Waals surface area contributed by atoms with E-state index in [0.717, 1.165) is 44.9 Å². The Morgan fingerprint density at radius 3 is 1.94 bits per heavy atom. The van der Waals surface area contributed by atoms with E-state index in [9.17, 15) is 10.1 Å². The molecule has 0 aromatic heterocycles. The Labute approximate surface area is 209 Å². The summed E-state index contributed by atoms with van der Waals surface area (Å²) in [5.74, 6) is 0.460. The molecular weight excluding hydrogens is 418 g/mol. The molecule has 0 bridgehead atoms. The number of nitrogens with zero attached hydrogens (tertiary/aromatic N) is 1. The minimum atomic E-state index is -0.224. The van der Waals surface area contributed by atoms with Gasteiger partial charge in [0.05, 0.1) is 17.4 Å². The van der Waals surface area contributed by atoms with Crippen molar-refractivity contribution >= 4 is 5.97 Å². The molecule has 0 amide bonds. The third-order valence-corrected chi connectivity index (χ3v) is 7.73. The van der Waals surface area contributed by atoms with Crippen LogP contribution in [-0.4, -0.2) is 5.97 Å². The van der Waals surface area contributed by atoms with Gasteiger partial charge in [0.15, 0.2) is 0 Å². The van der Waals surface area contributed by atoms with Crippen molar-refractivity contribution in [2.24, 2.45) is 11.3 Å². The smallest absolute Gasteiger partial charge is 0.314 e. The lowest BCUT2D eigenvalue weighted by Gasteiger charge is -2.34. The van der Waals surface area contributed by atoms with Crippen molar-refractivity contribution in [3.63, 3.8) is 0 Å². The number of benzene rings is 1. The first-order valence-corrected chi connectivity index (χ1v) is 14.3. The van der Waals surface area contributed by atoms with Crippen molar-refractivity contribution in [3.8, 4) is 11.8 Å². The highest BCUT2D eigenvalue weighted by atomic mass is 16.5. The Morgan fingerprint density at radius 1 is 0.853 bits per heavy atom. The monoisotopic (exact) mass is 467 g/mol. The quantitative estimate of drug-likeness (QED) is 0.130. The van der Waals surface area contributed by atoms with Crippen LogP contribution in [0.15, 0.2) is 24.3 Å². The van der Waals surface area contributed by atoms with Crippen LogP contribution in [0.3, 0.4) is 0 Å². The van der Waals surface area contributed by atoms with Gasteiger partial charge in [-0.25, -0.2) is 0 Å². The van der Waals surface area contributed by atoms with Crippen molar-refractivity contribution in [2.75, 3.05) is 0 Å². The maximum atomic E-state index is 12.7. The largest absolute Gasteiger partial charge is 0.426 e. The van der Waals surface area contributed by atoms with Crippen LogP contribution in [0.25, 0.3) is 0 Å². The molecule has 0 saturated heterocycles. The minimum Gasteiger partial charge on any atom is -0.426 e. The molecule has 34 heavy (non-hydrogen) atoms. The summed E-state index contributed by atoms with van der Waals surface area (Å²) in [7, 11) is 0. The normalized spacial score (nSPS) is 20.1. The lowest BCUT2D eigenvalue weighted by atomic mass is 9.69. The van der Waals surface area contributed by atoms with Gasteiger partial charge < -0.3 is 4.74 Å². The van der Waals surface area contributed by atoms with Crippen LogP contribution in [0.5, 0.6) is 5.75 Å². The Bertz CT molecular complexity index is 710. The summed E-state index contributed by atoms with van der Waals surface area (Å²) in [6.45, 7) is 4.50. The number of unbranched alkanes of at least 4 members (excludes halogenated alkanes) is 11. The van der Waals surface area contributed by atoms with E-state index in [4.69, 9.17) is 4.74 Å². The molecular formula is C31H49NO2. The van der Waals surface area contributed by atoms with Crippen molar-refractivity contribution in [2.45, 2.75) is 136 Å². The SMILES string of the molecule is CCCCCCCCCC1(C#N)CCC(C(=O)Oc2ccc(CCCCCCCC)cc2)CC1. The Morgan fingerprint density at radius 2 is 1.38 bits per heavy atom. The molecule has 1 saturated carbocycles. The number of ether oxygens (including phenoxy) is 1. The highest BCUT2D eigenvalue weighted by Gasteiger charge is 2.37. The zero-order chi connectivity index (χ0) is 24.5. The highest BCUT2D eigenvalue weighted by Crippen LogP contribution is 2.42. The minimum absolute atomic E-state index is 0.0710. The number of nitriles is 1. The summed E-state index contributed by atoms with van der Waals surface area (Å²) in [6, 6.07) is 10.7. The first kappa shape index (κ1) is 28.4. The van der Waals surface area contributed by atoms with E-state index in [1.807, 2.05) is 12.1 Å². The first-order chi connectivity index (χ1) is 16.6. The van der Waals surface area contributed by atoms with Crippen LogP contribution in [-0.2, 0) is 11.2 Å². The summed E-state index contributed by atoms with van der Waals surface area (Å²) in [6.07, 6.45) is 22.1. The van der Waals surface area contributed by atoms with Crippen LogP contribution < -0.4 is 4.74 Å². The molecule has 1 aliphatic carbocycles. The molecule has 3 nitrogen and oxygen atoms in total. The fraction of sp³-hybridized carbons (Fsp3) is 0.742. The molecule has 1 aromatic rings. The van der Waals surface area contributed by atoms with Gasteiger partial charge >= 0.3 is 5.97 Å². The summed E-state index contributed by atoms with van der Waals surface area (Å²) in [5, 5.41) is 9.85. The number of hydrogen-bond donors (Lipinski definition) is 0. The van der Waals surface area contributed by atoms with Gasteiger partial charge in [-0.3, -0.25) is 4.79 Å².